The van der Waals surface area contributed by atoms with Gasteiger partial charge in [-0.1, -0.05) is 6.92 Å². The molecule has 0 spiro atoms. The van der Waals surface area contributed by atoms with Crippen molar-refractivity contribution in [2.45, 2.75) is 31.2 Å². The van der Waals surface area contributed by atoms with Crippen LogP contribution >= 0.6 is 11.8 Å². The molecule has 114 valence electrons. The van der Waals surface area contributed by atoms with Crippen molar-refractivity contribution in [1.82, 2.24) is 9.29 Å². The van der Waals surface area contributed by atoms with E-state index in [4.69, 9.17) is 5.11 Å². The molecule has 1 aromatic heterocycles. The fourth-order valence-corrected chi connectivity index (χ4v) is 3.29. The highest BCUT2D eigenvalue weighted by molar-refractivity contribution is 7.98. The molecule has 0 unspecified atom stereocenters. The number of aryl methyl sites for hydroxylation is 1. The number of nitrogens with one attached hydrogen (secondary N) is 1. The third-order valence-corrected chi connectivity index (χ3v) is 4.81. The summed E-state index contributed by atoms with van der Waals surface area (Å²) < 4.78 is 28.1. The fraction of sp³-hybridized carbons (Fsp3) is 0.583. The molecule has 0 amide bonds. The van der Waals surface area contributed by atoms with Crippen LogP contribution in [-0.2, 0) is 16.6 Å². The van der Waals surface area contributed by atoms with E-state index in [0.717, 1.165) is 18.6 Å². The molecule has 0 aromatic carbocycles. The van der Waals surface area contributed by atoms with Gasteiger partial charge in [-0.2, -0.15) is 11.8 Å². The third-order valence-electron chi connectivity index (χ3n) is 2.68. The van der Waals surface area contributed by atoms with Crippen molar-refractivity contribution in [3.8, 4) is 0 Å². The van der Waals surface area contributed by atoms with Gasteiger partial charge in [0, 0.05) is 19.3 Å². The molecule has 0 saturated carbocycles. The summed E-state index contributed by atoms with van der Waals surface area (Å²) >= 11 is 1.65. The van der Waals surface area contributed by atoms with E-state index in [2.05, 4.69) is 4.72 Å². The van der Waals surface area contributed by atoms with Crippen LogP contribution in [0.2, 0.25) is 0 Å². The Morgan fingerprint density at radius 1 is 1.50 bits per heavy atom. The molecule has 20 heavy (non-hydrogen) atoms. The number of carbonyl (C=O) groups is 1. The van der Waals surface area contributed by atoms with Crippen molar-refractivity contribution < 1.29 is 18.3 Å². The Balaban J connectivity index is 2.89. The first kappa shape index (κ1) is 17.1. The zero-order valence-corrected chi connectivity index (χ0v) is 13.3. The van der Waals surface area contributed by atoms with E-state index in [-0.39, 0.29) is 10.6 Å². The van der Waals surface area contributed by atoms with Gasteiger partial charge in [-0.05, 0) is 30.9 Å². The molecule has 0 aliphatic heterocycles. The molecule has 0 atom stereocenters. The maximum absolute atomic E-state index is 12.1. The normalized spacial score (nSPS) is 11.7. The second kappa shape index (κ2) is 7.70. The topological polar surface area (TPSA) is 88.4 Å². The smallest absolute Gasteiger partial charge is 0.352 e. The Morgan fingerprint density at radius 3 is 2.75 bits per heavy atom. The standard InChI is InChI=1S/C12H20N2O4S2/c1-3-6-14-9-10(8-11(14)12(15)16)20(17,18)13-5-4-7-19-2/h8-9,13H,3-7H2,1-2H3,(H,15,16). The van der Waals surface area contributed by atoms with Gasteiger partial charge in [-0.25, -0.2) is 17.9 Å². The highest BCUT2D eigenvalue weighted by atomic mass is 32.2. The number of sulfonamides is 1. The number of aromatic nitrogens is 1. The van der Waals surface area contributed by atoms with Crippen LogP contribution in [0.4, 0.5) is 0 Å². The van der Waals surface area contributed by atoms with Crippen molar-refractivity contribution >= 4 is 27.8 Å². The predicted molar refractivity (Wildman–Crippen MR) is 79.9 cm³/mol. The predicted octanol–water partition coefficient (Wildman–Crippen LogP) is 1.63. The third kappa shape index (κ3) is 4.53. The van der Waals surface area contributed by atoms with Crippen LogP contribution in [0.3, 0.4) is 0 Å². The molecule has 0 radical (unpaired) electrons. The number of aromatic carboxylic acids is 1. The van der Waals surface area contributed by atoms with Crippen LogP contribution in [0, 0.1) is 0 Å². The van der Waals surface area contributed by atoms with E-state index in [1.165, 1.54) is 16.8 Å². The highest BCUT2D eigenvalue weighted by Gasteiger charge is 2.20. The van der Waals surface area contributed by atoms with E-state index in [9.17, 15) is 13.2 Å². The van der Waals surface area contributed by atoms with E-state index in [1.54, 1.807) is 11.8 Å². The van der Waals surface area contributed by atoms with Crippen LogP contribution in [0.1, 0.15) is 30.3 Å². The van der Waals surface area contributed by atoms with Crippen LogP contribution in [-0.4, -0.2) is 42.6 Å². The summed E-state index contributed by atoms with van der Waals surface area (Å²) in [6.45, 7) is 2.73. The van der Waals surface area contributed by atoms with Gasteiger partial charge in [0.1, 0.15) is 10.6 Å². The minimum Gasteiger partial charge on any atom is -0.477 e. The minimum absolute atomic E-state index is 0.00339. The average molecular weight is 320 g/mol. The first-order valence-electron chi connectivity index (χ1n) is 6.34. The summed E-state index contributed by atoms with van der Waals surface area (Å²) in [5, 5.41) is 9.08. The molecule has 0 aliphatic carbocycles. The van der Waals surface area contributed by atoms with Gasteiger partial charge in [0.2, 0.25) is 10.0 Å². The molecule has 0 fully saturated rings. The van der Waals surface area contributed by atoms with Crippen molar-refractivity contribution in [3.63, 3.8) is 0 Å². The lowest BCUT2D eigenvalue weighted by atomic mass is 10.4. The second-order valence-electron chi connectivity index (χ2n) is 4.30. The van der Waals surface area contributed by atoms with Crippen LogP contribution in [0.25, 0.3) is 0 Å². The number of hydrogen-bond acceptors (Lipinski definition) is 4. The van der Waals surface area contributed by atoms with Crippen molar-refractivity contribution in [3.05, 3.63) is 18.0 Å². The van der Waals surface area contributed by atoms with Gasteiger partial charge in [-0.15, -0.1) is 0 Å². The van der Waals surface area contributed by atoms with Gasteiger partial charge >= 0.3 is 5.97 Å². The minimum atomic E-state index is -3.64. The van der Waals surface area contributed by atoms with Crippen LogP contribution < -0.4 is 4.72 Å². The highest BCUT2D eigenvalue weighted by Crippen LogP contribution is 2.15. The molecule has 1 rings (SSSR count). The monoisotopic (exact) mass is 320 g/mol. The Labute approximate surface area is 123 Å². The lowest BCUT2D eigenvalue weighted by Crippen LogP contribution is -2.24. The second-order valence-corrected chi connectivity index (χ2v) is 7.06. The van der Waals surface area contributed by atoms with Crippen molar-refractivity contribution in [2.75, 3.05) is 18.6 Å². The van der Waals surface area contributed by atoms with Crippen LogP contribution in [0.5, 0.6) is 0 Å². The molecule has 8 heteroatoms. The van der Waals surface area contributed by atoms with Gasteiger partial charge in [0.25, 0.3) is 0 Å². The van der Waals surface area contributed by atoms with E-state index in [0.29, 0.717) is 13.1 Å². The number of hydrogen-bond donors (Lipinski definition) is 2. The van der Waals surface area contributed by atoms with Gasteiger partial charge in [0.05, 0.1) is 0 Å². The summed E-state index contributed by atoms with van der Waals surface area (Å²) in [6, 6.07) is 1.20. The number of thioether (sulfide) groups is 1. The molecule has 0 saturated heterocycles. The summed E-state index contributed by atoms with van der Waals surface area (Å²) in [4.78, 5) is 11.1. The number of carboxylic acids is 1. The molecule has 0 bridgehead atoms. The Hall–Kier alpha value is -0.990. The zero-order chi connectivity index (χ0) is 15.2. The van der Waals surface area contributed by atoms with Crippen molar-refractivity contribution in [2.24, 2.45) is 0 Å². The van der Waals surface area contributed by atoms with Gasteiger partial charge < -0.3 is 9.67 Å². The summed E-state index contributed by atoms with van der Waals surface area (Å²) in [5.41, 5.74) is -0.00339. The molecule has 6 nitrogen and oxygen atoms in total. The van der Waals surface area contributed by atoms with Crippen LogP contribution in [0.15, 0.2) is 17.2 Å². The molecule has 1 heterocycles. The summed E-state index contributed by atoms with van der Waals surface area (Å²) in [7, 11) is -3.64. The van der Waals surface area contributed by atoms with Gasteiger partial charge in [-0.3, -0.25) is 0 Å². The number of rotatable bonds is 9. The molecule has 2 N–H and O–H groups in total. The molecular weight excluding hydrogens is 300 g/mol. The Bertz CT molecular complexity index is 552. The lowest BCUT2D eigenvalue weighted by molar-refractivity contribution is 0.0685. The summed E-state index contributed by atoms with van der Waals surface area (Å²) in [6.07, 6.45) is 4.81. The first-order valence-corrected chi connectivity index (χ1v) is 9.22. The fourth-order valence-electron chi connectivity index (χ4n) is 1.74. The first-order chi connectivity index (χ1) is 9.42. The van der Waals surface area contributed by atoms with E-state index < -0.39 is 16.0 Å². The maximum atomic E-state index is 12.1. The lowest BCUT2D eigenvalue weighted by Gasteiger charge is -2.04. The average Bonchev–Trinajstić information content (AvgIpc) is 2.80. The van der Waals surface area contributed by atoms with Crippen molar-refractivity contribution in [1.29, 1.82) is 0 Å². The van der Waals surface area contributed by atoms with Gasteiger partial charge in [0.15, 0.2) is 0 Å². The molecule has 1 aromatic rings. The van der Waals surface area contributed by atoms with E-state index in [1.807, 2.05) is 13.2 Å². The quantitative estimate of drug-likeness (QED) is 0.675. The Morgan fingerprint density at radius 2 is 2.20 bits per heavy atom. The number of nitrogens with zero attached hydrogens (tertiary/aromatic N) is 1. The largest absolute Gasteiger partial charge is 0.477 e. The Kier molecular flexibility index (Phi) is 6.57. The zero-order valence-electron chi connectivity index (χ0n) is 11.6. The maximum Gasteiger partial charge on any atom is 0.352 e. The molecule has 0 aliphatic rings. The number of carboxylic acid groups (broad SMARTS) is 1. The van der Waals surface area contributed by atoms with E-state index >= 15 is 0 Å². The summed E-state index contributed by atoms with van der Waals surface area (Å²) in [5.74, 6) is -0.248. The molecular formula is C12H20N2O4S2. The SMILES string of the molecule is CCCn1cc(S(=O)(=O)NCCCSC)cc1C(=O)O.